The molecule has 0 aromatic heterocycles. The second-order valence-corrected chi connectivity index (χ2v) is 7.16. The number of aliphatic hydroxyl groups is 1. The summed E-state index contributed by atoms with van der Waals surface area (Å²) >= 11 is 0. The van der Waals surface area contributed by atoms with Crippen LogP contribution in [0.3, 0.4) is 0 Å². The van der Waals surface area contributed by atoms with E-state index in [1.807, 2.05) is 19.9 Å². The van der Waals surface area contributed by atoms with Crippen LogP contribution in [0.1, 0.15) is 60.2 Å². The number of benzene rings is 1. The molecular formula is C21H29NO6. The maximum atomic E-state index is 11.9. The highest BCUT2D eigenvalue weighted by Crippen LogP contribution is 2.42. The van der Waals surface area contributed by atoms with Crippen molar-refractivity contribution in [1.29, 1.82) is 0 Å². The molecule has 1 aromatic rings. The summed E-state index contributed by atoms with van der Waals surface area (Å²) in [6.45, 7) is 6.04. The van der Waals surface area contributed by atoms with Crippen molar-refractivity contribution in [3.63, 3.8) is 0 Å². The molecule has 7 heteroatoms. The van der Waals surface area contributed by atoms with Gasteiger partial charge in [0.25, 0.3) is 0 Å². The Bertz CT molecular complexity index is 782. The van der Waals surface area contributed by atoms with Crippen LogP contribution in [-0.4, -0.2) is 41.8 Å². The molecule has 1 amide bonds. The quantitative estimate of drug-likeness (QED) is 0.441. The zero-order chi connectivity index (χ0) is 20.8. The number of phenols is 1. The lowest BCUT2D eigenvalue weighted by atomic mass is 9.94. The monoisotopic (exact) mass is 391 g/mol. The summed E-state index contributed by atoms with van der Waals surface area (Å²) in [6, 6.07) is 0. The summed E-state index contributed by atoms with van der Waals surface area (Å²) in [7, 11) is 1.53. The minimum atomic E-state index is -0.519. The molecule has 1 atom stereocenters. The summed E-state index contributed by atoms with van der Waals surface area (Å²) in [5.41, 5.74) is 3.21. The third kappa shape index (κ3) is 5.04. The van der Waals surface area contributed by atoms with E-state index >= 15 is 0 Å². The molecule has 3 N–H and O–H groups in total. The molecule has 28 heavy (non-hydrogen) atoms. The van der Waals surface area contributed by atoms with E-state index in [1.54, 1.807) is 6.92 Å². The Kier molecular flexibility index (Phi) is 7.45. The number of allylic oxidation sites excluding steroid dienone is 2. The number of methoxy groups -OCH3 is 1. The molecule has 1 aliphatic heterocycles. The lowest BCUT2D eigenvalue weighted by Crippen LogP contribution is -2.26. The number of nitrogens with one attached hydrogen (secondary N) is 1. The van der Waals surface area contributed by atoms with Crippen molar-refractivity contribution in [3.05, 3.63) is 33.9 Å². The van der Waals surface area contributed by atoms with E-state index in [1.165, 1.54) is 7.11 Å². The lowest BCUT2D eigenvalue weighted by molar-refractivity contribution is -0.121. The van der Waals surface area contributed by atoms with Gasteiger partial charge in [0.1, 0.15) is 23.7 Å². The molecule has 0 radical (unpaired) electrons. The van der Waals surface area contributed by atoms with Crippen LogP contribution in [0.15, 0.2) is 11.6 Å². The van der Waals surface area contributed by atoms with Crippen LogP contribution in [-0.2, 0) is 22.6 Å². The Hall–Kier alpha value is -2.54. The summed E-state index contributed by atoms with van der Waals surface area (Å²) in [4.78, 5) is 23.8. The van der Waals surface area contributed by atoms with Crippen molar-refractivity contribution in [2.24, 2.45) is 0 Å². The molecule has 1 heterocycles. The standard InChI is InChI=1S/C21H29NO6/c1-12(6-8-17(24)22-10-9-13(2)23)5-7-15-19(25)18-16(11-28-21(18)26)14(3)20(15)27-4/h5,13,23,25H,6-11H2,1-4H3,(H,22,24)/b12-5+. The molecule has 0 bridgehead atoms. The van der Waals surface area contributed by atoms with Gasteiger partial charge in [-0.3, -0.25) is 4.79 Å². The van der Waals surface area contributed by atoms with Crippen LogP contribution in [0, 0.1) is 6.92 Å². The van der Waals surface area contributed by atoms with Crippen molar-refractivity contribution >= 4 is 11.9 Å². The number of cyclic esters (lactones) is 1. The summed E-state index contributed by atoms with van der Waals surface area (Å²) in [6.07, 6.45) is 3.33. The number of rotatable bonds is 9. The third-order valence-electron chi connectivity index (χ3n) is 4.93. The average Bonchev–Trinajstić information content (AvgIpc) is 3.03. The van der Waals surface area contributed by atoms with Gasteiger partial charge in [-0.1, -0.05) is 11.6 Å². The first-order chi connectivity index (χ1) is 13.3. The second-order valence-electron chi connectivity index (χ2n) is 7.16. The number of carbonyl (C=O) groups excluding carboxylic acids is 2. The van der Waals surface area contributed by atoms with Crippen LogP contribution < -0.4 is 10.1 Å². The van der Waals surface area contributed by atoms with Gasteiger partial charge in [-0.05, 0) is 45.6 Å². The third-order valence-corrected chi connectivity index (χ3v) is 4.93. The topological polar surface area (TPSA) is 105 Å². The number of phenolic OH excluding ortho intramolecular Hbond substituents is 1. The Balaban J connectivity index is 2.05. The number of esters is 1. The number of hydrogen-bond acceptors (Lipinski definition) is 6. The Labute approximate surface area is 165 Å². The Morgan fingerprint density at radius 2 is 2.11 bits per heavy atom. The van der Waals surface area contributed by atoms with Crippen LogP contribution in [0.25, 0.3) is 0 Å². The molecule has 1 aromatic carbocycles. The number of aliphatic hydroxyl groups excluding tert-OH is 1. The number of fused-ring (bicyclic) bond motifs is 1. The van der Waals surface area contributed by atoms with Gasteiger partial charge in [-0.15, -0.1) is 0 Å². The minimum absolute atomic E-state index is 0.0649. The van der Waals surface area contributed by atoms with Crippen LogP contribution in [0.2, 0.25) is 0 Å². The largest absolute Gasteiger partial charge is 0.507 e. The van der Waals surface area contributed by atoms with Gasteiger partial charge in [-0.2, -0.15) is 0 Å². The predicted molar refractivity (Wildman–Crippen MR) is 105 cm³/mol. The first-order valence-electron chi connectivity index (χ1n) is 9.45. The fourth-order valence-electron chi connectivity index (χ4n) is 3.23. The molecule has 154 valence electrons. The summed E-state index contributed by atoms with van der Waals surface area (Å²) < 4.78 is 10.5. The molecule has 0 aliphatic carbocycles. The van der Waals surface area contributed by atoms with Crippen LogP contribution >= 0.6 is 0 Å². The van der Waals surface area contributed by atoms with Crippen molar-refractivity contribution in [2.45, 2.75) is 59.2 Å². The molecule has 2 rings (SSSR count). The van der Waals surface area contributed by atoms with E-state index in [4.69, 9.17) is 9.47 Å². The number of amides is 1. The van der Waals surface area contributed by atoms with Gasteiger partial charge in [-0.25, -0.2) is 4.79 Å². The van der Waals surface area contributed by atoms with Gasteiger partial charge < -0.3 is 25.0 Å². The molecular weight excluding hydrogens is 362 g/mol. The maximum absolute atomic E-state index is 11.9. The van der Waals surface area contributed by atoms with E-state index < -0.39 is 12.1 Å². The number of carbonyl (C=O) groups is 2. The van der Waals surface area contributed by atoms with E-state index in [-0.39, 0.29) is 23.8 Å². The second kappa shape index (κ2) is 9.59. The highest BCUT2D eigenvalue weighted by molar-refractivity contribution is 5.98. The van der Waals surface area contributed by atoms with E-state index in [0.29, 0.717) is 49.1 Å². The smallest absolute Gasteiger partial charge is 0.342 e. The van der Waals surface area contributed by atoms with Crippen LogP contribution in [0.5, 0.6) is 11.5 Å². The van der Waals surface area contributed by atoms with Crippen molar-refractivity contribution < 1.29 is 29.3 Å². The molecule has 0 spiro atoms. The fraction of sp³-hybridized carbons (Fsp3) is 0.524. The molecule has 1 aliphatic rings. The van der Waals surface area contributed by atoms with E-state index in [2.05, 4.69) is 5.32 Å². The number of aromatic hydroxyl groups is 1. The number of hydrogen-bond donors (Lipinski definition) is 3. The van der Waals surface area contributed by atoms with E-state index in [0.717, 1.165) is 11.1 Å². The SMILES string of the molecule is COc1c(C)c2c(c(O)c1C/C=C(\C)CCC(=O)NCCC(C)O)C(=O)OC2. The number of ether oxygens (including phenoxy) is 2. The average molecular weight is 391 g/mol. The molecule has 1 unspecified atom stereocenters. The Morgan fingerprint density at radius 3 is 2.75 bits per heavy atom. The van der Waals surface area contributed by atoms with Gasteiger partial charge in [0.15, 0.2) is 0 Å². The normalized spacial score (nSPS) is 14.5. The first kappa shape index (κ1) is 21.8. The molecule has 7 nitrogen and oxygen atoms in total. The Morgan fingerprint density at radius 1 is 1.39 bits per heavy atom. The fourth-order valence-corrected chi connectivity index (χ4v) is 3.23. The summed E-state index contributed by atoms with van der Waals surface area (Å²) in [5, 5.41) is 22.6. The highest BCUT2D eigenvalue weighted by atomic mass is 16.5. The molecule has 0 fully saturated rings. The van der Waals surface area contributed by atoms with Crippen molar-refractivity contribution in [1.82, 2.24) is 5.32 Å². The van der Waals surface area contributed by atoms with Crippen molar-refractivity contribution in [2.75, 3.05) is 13.7 Å². The lowest BCUT2D eigenvalue weighted by Gasteiger charge is -2.15. The van der Waals surface area contributed by atoms with E-state index in [9.17, 15) is 19.8 Å². The zero-order valence-corrected chi connectivity index (χ0v) is 16.9. The first-order valence-corrected chi connectivity index (χ1v) is 9.45. The van der Waals surface area contributed by atoms with Crippen molar-refractivity contribution in [3.8, 4) is 11.5 Å². The van der Waals surface area contributed by atoms with Crippen LogP contribution in [0.4, 0.5) is 0 Å². The van der Waals surface area contributed by atoms with Gasteiger partial charge in [0, 0.05) is 24.1 Å². The van der Waals surface area contributed by atoms with Gasteiger partial charge in [0.2, 0.25) is 5.91 Å². The predicted octanol–water partition coefficient (Wildman–Crippen LogP) is 2.54. The highest BCUT2D eigenvalue weighted by Gasteiger charge is 2.31. The molecule has 0 saturated carbocycles. The minimum Gasteiger partial charge on any atom is -0.507 e. The maximum Gasteiger partial charge on any atom is 0.342 e. The molecule has 0 saturated heterocycles. The van der Waals surface area contributed by atoms with Gasteiger partial charge in [0.05, 0.1) is 13.2 Å². The summed E-state index contributed by atoms with van der Waals surface area (Å²) in [5.74, 6) is -0.131. The van der Waals surface area contributed by atoms with Gasteiger partial charge >= 0.3 is 5.97 Å². The zero-order valence-electron chi connectivity index (χ0n) is 16.9.